The van der Waals surface area contributed by atoms with E-state index in [1.54, 1.807) is 14.2 Å². The van der Waals surface area contributed by atoms with E-state index in [1.165, 1.54) is 28.0 Å². The van der Waals surface area contributed by atoms with Crippen molar-refractivity contribution in [2.75, 3.05) is 27.6 Å². The number of fused-ring (bicyclic) bond motifs is 4. The molecule has 0 N–H and O–H groups in total. The fourth-order valence-corrected chi connectivity index (χ4v) is 6.05. The maximum atomic E-state index is 5.99. The van der Waals surface area contributed by atoms with E-state index in [0.717, 1.165) is 68.1 Å². The van der Waals surface area contributed by atoms with Crippen molar-refractivity contribution in [2.45, 2.75) is 57.9 Å². The third-order valence-corrected chi connectivity index (χ3v) is 7.14. The van der Waals surface area contributed by atoms with Crippen molar-refractivity contribution < 1.29 is 23.5 Å². The Kier molecular flexibility index (Phi) is 5.07. The molecule has 5 rings (SSSR count). The van der Waals surface area contributed by atoms with Gasteiger partial charge in [0, 0.05) is 24.8 Å². The lowest BCUT2D eigenvalue weighted by Gasteiger charge is -2.40. The topological polar surface area (TPSA) is 39.9 Å². The zero-order valence-corrected chi connectivity index (χ0v) is 19.0. The average molecular weight is 423 g/mol. The van der Waals surface area contributed by atoms with Crippen LogP contribution < -0.4 is 18.9 Å². The highest BCUT2D eigenvalue weighted by molar-refractivity contribution is 6.02. The molecule has 3 aliphatic heterocycles. The molecule has 0 amide bonds. The quantitative estimate of drug-likeness (QED) is 0.625. The molecule has 0 atom stereocenters. The lowest BCUT2D eigenvalue weighted by molar-refractivity contribution is -0.624. The van der Waals surface area contributed by atoms with Gasteiger partial charge in [0.05, 0.1) is 26.2 Å². The Balaban J connectivity index is 1.78. The van der Waals surface area contributed by atoms with E-state index in [2.05, 4.69) is 42.7 Å². The van der Waals surface area contributed by atoms with Crippen LogP contribution in [0.3, 0.4) is 0 Å². The first-order valence-corrected chi connectivity index (χ1v) is 11.5. The van der Waals surface area contributed by atoms with E-state index >= 15 is 0 Å². The first-order valence-electron chi connectivity index (χ1n) is 11.5. The van der Waals surface area contributed by atoms with Gasteiger partial charge in [-0.25, -0.2) is 4.58 Å². The fourth-order valence-electron chi connectivity index (χ4n) is 6.05. The van der Waals surface area contributed by atoms with Crippen molar-refractivity contribution in [3.8, 4) is 23.0 Å². The highest BCUT2D eigenvalue weighted by Crippen LogP contribution is 2.50. The van der Waals surface area contributed by atoms with Crippen LogP contribution in [0.15, 0.2) is 24.3 Å². The maximum Gasteiger partial charge on any atom is 0.231 e. The van der Waals surface area contributed by atoms with E-state index in [-0.39, 0.29) is 5.54 Å². The summed E-state index contributed by atoms with van der Waals surface area (Å²) in [5.41, 5.74) is 6.65. The Bertz CT molecular complexity index is 1050. The molecule has 0 unspecified atom stereocenters. The lowest BCUT2D eigenvalue weighted by Crippen LogP contribution is -2.50. The average Bonchev–Trinajstić information content (AvgIpc) is 3.24. The van der Waals surface area contributed by atoms with Gasteiger partial charge >= 0.3 is 0 Å². The first-order chi connectivity index (χ1) is 15.2. The predicted octanol–water partition coefficient (Wildman–Crippen LogP) is 4.84. The minimum absolute atomic E-state index is 0.0969. The first kappa shape index (κ1) is 20.2. The van der Waals surface area contributed by atoms with Gasteiger partial charge in [-0.2, -0.15) is 0 Å². The van der Waals surface area contributed by atoms with Crippen molar-refractivity contribution in [1.29, 1.82) is 0 Å². The molecular formula is C26H32NO4+. The zero-order chi connectivity index (χ0) is 21.6. The number of nitrogens with zero attached hydrogens (tertiary/aromatic N) is 1. The third kappa shape index (κ3) is 2.93. The van der Waals surface area contributed by atoms with Crippen LogP contribution in [0.1, 0.15) is 61.8 Å². The predicted molar refractivity (Wildman–Crippen MR) is 120 cm³/mol. The van der Waals surface area contributed by atoms with Gasteiger partial charge in [-0.05, 0) is 42.2 Å². The molecule has 0 fully saturated rings. The maximum absolute atomic E-state index is 5.99. The number of ether oxygens (including phenoxy) is 4. The lowest BCUT2D eigenvalue weighted by atomic mass is 9.72. The molecule has 0 saturated carbocycles. The zero-order valence-electron chi connectivity index (χ0n) is 19.0. The minimum atomic E-state index is -0.0969. The molecule has 5 nitrogen and oxygen atoms in total. The van der Waals surface area contributed by atoms with Crippen LogP contribution in [-0.2, 0) is 18.4 Å². The van der Waals surface area contributed by atoms with Gasteiger partial charge in [0.15, 0.2) is 34.2 Å². The molecule has 2 aromatic rings. The second kappa shape index (κ2) is 7.77. The van der Waals surface area contributed by atoms with Crippen molar-refractivity contribution in [3.63, 3.8) is 0 Å². The monoisotopic (exact) mass is 422 g/mol. The van der Waals surface area contributed by atoms with E-state index in [9.17, 15) is 0 Å². The molecule has 0 radical (unpaired) electrons. The molecule has 3 aliphatic rings. The number of benzene rings is 2. The molecule has 0 saturated heterocycles. The fraction of sp³-hybridized carbons (Fsp3) is 0.500. The van der Waals surface area contributed by atoms with Gasteiger partial charge in [-0.3, -0.25) is 0 Å². The van der Waals surface area contributed by atoms with E-state index in [1.807, 2.05) is 0 Å². The summed E-state index contributed by atoms with van der Waals surface area (Å²) in [6.07, 6.45) is 6.28. The SMILES string of the molecule is CCCC1(CCC)c2c(ccc(OC)c2OC)CC2=[N+]1CCc1cc3c(cc12)OCO3. The second-order valence-corrected chi connectivity index (χ2v) is 8.75. The largest absolute Gasteiger partial charge is 0.493 e. The molecule has 0 bridgehead atoms. The number of methoxy groups -OCH3 is 2. The minimum Gasteiger partial charge on any atom is -0.493 e. The molecule has 5 heteroatoms. The Morgan fingerprint density at radius 2 is 1.71 bits per heavy atom. The Morgan fingerprint density at radius 3 is 2.39 bits per heavy atom. The smallest absolute Gasteiger partial charge is 0.231 e. The van der Waals surface area contributed by atoms with E-state index < -0.39 is 0 Å². The summed E-state index contributed by atoms with van der Waals surface area (Å²) in [7, 11) is 3.50. The molecule has 164 valence electrons. The van der Waals surface area contributed by atoms with Gasteiger partial charge in [-0.15, -0.1) is 0 Å². The standard InChI is InChI=1S/C26H32NO4/c1-5-10-26(11-6-2)24-18(7-8-21(28-3)25(24)29-4)13-20-19-15-23-22(30-16-31-23)14-17(19)9-12-27(20)26/h7-8,14-15H,5-6,9-13,16H2,1-4H3/q+1. The Morgan fingerprint density at radius 1 is 0.968 bits per heavy atom. The van der Waals surface area contributed by atoms with E-state index in [0.29, 0.717) is 6.79 Å². The summed E-state index contributed by atoms with van der Waals surface area (Å²) in [6.45, 7) is 5.89. The number of hydrogen-bond donors (Lipinski definition) is 0. The highest BCUT2D eigenvalue weighted by Gasteiger charge is 2.52. The summed E-state index contributed by atoms with van der Waals surface area (Å²) < 4.78 is 25.8. The van der Waals surface area contributed by atoms with Crippen LogP contribution in [0.5, 0.6) is 23.0 Å². The summed E-state index contributed by atoms with van der Waals surface area (Å²) in [5, 5.41) is 0. The van der Waals surface area contributed by atoms with Crippen molar-refractivity contribution in [2.24, 2.45) is 0 Å². The van der Waals surface area contributed by atoms with Gasteiger partial charge in [0.1, 0.15) is 6.54 Å². The van der Waals surface area contributed by atoms with Crippen LogP contribution in [-0.4, -0.2) is 37.8 Å². The van der Waals surface area contributed by atoms with Crippen molar-refractivity contribution >= 4 is 5.71 Å². The molecule has 31 heavy (non-hydrogen) atoms. The second-order valence-electron chi connectivity index (χ2n) is 8.75. The molecule has 3 heterocycles. The van der Waals surface area contributed by atoms with Crippen molar-refractivity contribution in [1.82, 2.24) is 0 Å². The van der Waals surface area contributed by atoms with Crippen LogP contribution in [0.25, 0.3) is 0 Å². The van der Waals surface area contributed by atoms with Gasteiger partial charge in [-0.1, -0.05) is 19.9 Å². The van der Waals surface area contributed by atoms with Crippen LogP contribution in [0, 0.1) is 0 Å². The van der Waals surface area contributed by atoms with Gasteiger partial charge < -0.3 is 18.9 Å². The summed E-state index contributed by atoms with van der Waals surface area (Å²) in [4.78, 5) is 0. The van der Waals surface area contributed by atoms with E-state index in [4.69, 9.17) is 18.9 Å². The molecule has 0 aliphatic carbocycles. The Hall–Kier alpha value is -2.69. The molecule has 0 spiro atoms. The molecule has 2 aromatic carbocycles. The number of hydrogen-bond acceptors (Lipinski definition) is 4. The Labute approximate surface area is 184 Å². The van der Waals surface area contributed by atoms with Crippen molar-refractivity contribution in [3.05, 3.63) is 46.5 Å². The van der Waals surface area contributed by atoms with Crippen LogP contribution in [0.4, 0.5) is 0 Å². The normalized spacial score (nSPS) is 17.7. The highest BCUT2D eigenvalue weighted by atomic mass is 16.7. The summed E-state index contributed by atoms with van der Waals surface area (Å²) >= 11 is 0. The third-order valence-electron chi connectivity index (χ3n) is 7.14. The number of rotatable bonds is 6. The molecule has 0 aromatic heterocycles. The summed E-state index contributed by atoms with van der Waals surface area (Å²) in [5.74, 6) is 3.46. The summed E-state index contributed by atoms with van der Waals surface area (Å²) in [6, 6.07) is 8.68. The molecular weight excluding hydrogens is 390 g/mol. The van der Waals surface area contributed by atoms with Gasteiger partial charge in [0.2, 0.25) is 6.79 Å². The van der Waals surface area contributed by atoms with Gasteiger partial charge in [0.25, 0.3) is 0 Å². The van der Waals surface area contributed by atoms with Crippen LogP contribution >= 0.6 is 0 Å². The van der Waals surface area contributed by atoms with Crippen LogP contribution in [0.2, 0.25) is 0 Å².